The van der Waals surface area contributed by atoms with Crippen molar-refractivity contribution >= 4 is 87.1 Å². The molecule has 0 bridgehead atoms. The summed E-state index contributed by atoms with van der Waals surface area (Å²) in [6, 6.07) is 109. The van der Waals surface area contributed by atoms with Crippen molar-refractivity contribution in [2.75, 3.05) is 65.4 Å². The zero-order chi connectivity index (χ0) is 83.1. The number of carbonyl (C=O) groups is 5. The minimum Gasteiger partial charge on any atom is -0.449 e. The third-order valence-corrected chi connectivity index (χ3v) is 21.9. The van der Waals surface area contributed by atoms with E-state index in [1.807, 2.05) is 159 Å². The quantitative estimate of drug-likeness (QED) is 0.0377. The van der Waals surface area contributed by atoms with E-state index < -0.39 is 11.5 Å². The van der Waals surface area contributed by atoms with Crippen LogP contribution in [0.15, 0.2) is 315 Å². The van der Waals surface area contributed by atoms with E-state index in [9.17, 15) is 29.1 Å². The van der Waals surface area contributed by atoms with Gasteiger partial charge in [0.2, 0.25) is 0 Å². The number of Topliss-reactive ketones (excluding diaryl/α,β-unsaturated/α-hetero) is 2. The molecule has 6 N–H and O–H groups in total. The number of ether oxygens (including phenoxy) is 3. The number of rotatable bonds is 19. The number of β-amino-alcohol motifs (C(OH)–C–C–N with tert-alkyl or cyclic N) is 1. The minimum atomic E-state index is -0.770. The number of ketones is 2. The molecule has 0 radical (unpaired) electrons. The van der Waals surface area contributed by atoms with Gasteiger partial charge in [0.05, 0.1) is 44.4 Å². The molecule has 0 unspecified atom stereocenters. The average molecular weight is 1690 g/mol. The standard InChI is InChI=1S/C23H28N2O2.C16H17NO.C16H15NO.C15H18N2.C12H13N.C11H11NO3.C8H7ClO2.2ClH/c1-17(21-13-7-11-19-10-5-6-12-22(19)21)24-20-14-25(15-20)23(26)27-16-18-8-3-2-4-9-18;2*18-15-11-17(12-15)16(13-7-3-1-4-8-13)14-9-5-2-6-10-14;1-11(17-13-9-16-10-13)14-8-4-6-12-5-2-3-7-15(12)14;1-9(13)11-8-4-6-10-5-2-3-7-12(10)11;13-10-6-12(7-10)11(14)15-8-9-4-2-1-3-5-9;9-8(10)11-6-7-4-2-1-3-5-7;;/h2-4,7-9,11,13,17,20,24H,5-6,10,12,14-16H2,1H3;1-10,15-16,18H,11-12H2;1-10,16H,11-12H2;2-8,11,13,16-17H,9-10H2,1H3;2-9H,13H2,1H3;1-5H,6-8H2;1-5H,6H2;2*1H/t17-;;;11-;9-;;;;/m1..11..../s1. The Hall–Kier alpha value is -10.9. The molecular weight excluding hydrogens is 1580 g/mol. The van der Waals surface area contributed by atoms with Crippen LogP contribution in [0.5, 0.6) is 0 Å². The van der Waals surface area contributed by atoms with E-state index in [1.54, 1.807) is 10.5 Å². The molecule has 17 nitrogen and oxygen atoms in total. The van der Waals surface area contributed by atoms with Gasteiger partial charge < -0.3 is 45.9 Å². The topological polar surface area (TPSA) is 208 Å². The molecule has 0 saturated carbocycles. The summed E-state index contributed by atoms with van der Waals surface area (Å²) in [4.78, 5) is 63.2. The fourth-order valence-electron chi connectivity index (χ4n) is 15.4. The molecule has 5 heterocycles. The summed E-state index contributed by atoms with van der Waals surface area (Å²) in [6.07, 6.45) is 4.20. The fraction of sp³-hybridized carbons (Fsp3) is 0.277. The maximum atomic E-state index is 12.2. The fourth-order valence-corrected chi connectivity index (χ4v) is 15.5. The van der Waals surface area contributed by atoms with Crippen LogP contribution in [0.25, 0.3) is 21.5 Å². The number of aliphatic hydroxyl groups excluding tert-OH is 1. The highest BCUT2D eigenvalue weighted by atomic mass is 35.5. The van der Waals surface area contributed by atoms with Crippen molar-refractivity contribution in [3.8, 4) is 0 Å². The van der Waals surface area contributed by atoms with E-state index in [0.29, 0.717) is 62.7 Å². The Morgan fingerprint density at radius 2 is 0.785 bits per heavy atom. The number of amides is 2. The number of hydrogen-bond acceptors (Lipinski definition) is 15. The second kappa shape index (κ2) is 47.9. The highest BCUT2D eigenvalue weighted by Crippen LogP contribution is 2.35. The smallest absolute Gasteiger partial charge is 0.410 e. The molecule has 0 spiro atoms. The number of carbonyl (C=O) groups excluding carboxylic acids is 5. The van der Waals surface area contributed by atoms with Crippen molar-refractivity contribution in [2.45, 2.75) is 115 Å². The minimum absolute atomic E-state index is 0. The maximum absolute atomic E-state index is 12.2. The van der Waals surface area contributed by atoms with E-state index in [-0.39, 0.29) is 87.2 Å². The first-order valence-corrected chi connectivity index (χ1v) is 41.7. The zero-order valence-electron chi connectivity index (χ0n) is 68.9. The van der Waals surface area contributed by atoms with Crippen molar-refractivity contribution in [1.29, 1.82) is 0 Å². The van der Waals surface area contributed by atoms with Crippen molar-refractivity contribution in [3.63, 3.8) is 0 Å². The number of fused-ring (bicyclic) bond motifs is 3. The monoisotopic (exact) mass is 1680 g/mol. The molecule has 0 aromatic heterocycles. The Morgan fingerprint density at radius 1 is 0.421 bits per heavy atom. The van der Waals surface area contributed by atoms with E-state index >= 15 is 0 Å². The highest BCUT2D eigenvalue weighted by Gasteiger charge is 2.36. The molecule has 12 aromatic carbocycles. The summed E-state index contributed by atoms with van der Waals surface area (Å²) in [5.74, 6) is 0.401. The number of likely N-dealkylation sites (tertiary alicyclic amines) is 4. The number of aliphatic hydroxyl groups is 1. The highest BCUT2D eigenvalue weighted by molar-refractivity contribution is 6.61. The number of nitrogens with two attached hydrogens (primary N) is 1. The molecule has 121 heavy (non-hydrogen) atoms. The maximum Gasteiger partial charge on any atom is 0.410 e. The number of halogens is 3. The molecule has 6 aliphatic rings. The second-order valence-electron chi connectivity index (χ2n) is 30.8. The molecule has 630 valence electrons. The van der Waals surface area contributed by atoms with Gasteiger partial charge in [-0.15, -0.1) is 24.8 Å². The van der Waals surface area contributed by atoms with Gasteiger partial charge in [-0.3, -0.25) is 24.3 Å². The van der Waals surface area contributed by atoms with Crippen LogP contribution in [0.4, 0.5) is 14.4 Å². The van der Waals surface area contributed by atoms with E-state index in [4.69, 9.17) is 26.8 Å². The molecule has 12 aromatic rings. The second-order valence-corrected chi connectivity index (χ2v) is 31.1. The number of hydrogen-bond donors (Lipinski definition) is 5. The van der Waals surface area contributed by atoms with Gasteiger partial charge in [-0.05, 0) is 135 Å². The summed E-state index contributed by atoms with van der Waals surface area (Å²) in [5, 5.41) is 25.4. The van der Waals surface area contributed by atoms with Gasteiger partial charge in [-0.1, -0.05) is 315 Å². The van der Waals surface area contributed by atoms with Crippen LogP contribution < -0.4 is 21.7 Å². The normalized spacial score (nSPS) is 15.4. The summed E-state index contributed by atoms with van der Waals surface area (Å²) < 4.78 is 15.0. The molecule has 2 amide bonds. The Kier molecular flexibility index (Phi) is 36.6. The first-order chi connectivity index (χ1) is 58.1. The lowest BCUT2D eigenvalue weighted by Crippen LogP contribution is -2.60. The van der Waals surface area contributed by atoms with Crippen LogP contribution in [0.2, 0.25) is 0 Å². The van der Waals surface area contributed by atoms with Crippen molar-refractivity contribution < 1.29 is 43.3 Å². The zero-order valence-corrected chi connectivity index (χ0v) is 71.3. The number of nitrogens with one attached hydrogen (secondary N) is 3. The van der Waals surface area contributed by atoms with Crippen molar-refractivity contribution in [1.82, 2.24) is 35.6 Å². The largest absolute Gasteiger partial charge is 0.449 e. The molecule has 5 saturated heterocycles. The molecule has 20 heteroatoms. The van der Waals surface area contributed by atoms with Crippen LogP contribution in [0.1, 0.15) is 131 Å². The molecule has 18 rings (SSSR count). The first-order valence-electron chi connectivity index (χ1n) is 41.3. The van der Waals surface area contributed by atoms with Crippen LogP contribution in [0.3, 0.4) is 0 Å². The SMILES string of the molecule is C[C@@H](N)c1cccc2ccccc12.C[C@@H](NC1CN(C(=O)OCc2ccccc2)C1)c1cccc2c1CCCC2.C[C@@H](NC1CNC1)c1cccc2ccccc12.Cl.Cl.O=C(Cl)OCc1ccccc1.O=C1CN(C(=O)OCc2ccccc2)C1.O=C1CN(C(c2ccccc2)c2ccccc2)C1.OC1CN(C(c2ccccc2)c2ccccc2)C1. The molecule has 1 aliphatic carbocycles. The van der Waals surface area contributed by atoms with Gasteiger partial charge in [0, 0.05) is 81.1 Å². The summed E-state index contributed by atoms with van der Waals surface area (Å²) >= 11 is 4.97. The van der Waals surface area contributed by atoms with Gasteiger partial charge in [0.25, 0.3) is 0 Å². The average Bonchev–Trinajstić information content (AvgIpc) is 0.801. The van der Waals surface area contributed by atoms with Gasteiger partial charge in [0.1, 0.15) is 19.8 Å². The van der Waals surface area contributed by atoms with Crippen LogP contribution in [0, 0.1) is 0 Å². The van der Waals surface area contributed by atoms with Crippen LogP contribution >= 0.6 is 36.4 Å². The molecular formula is C101H111Cl3N8O9. The summed E-state index contributed by atoms with van der Waals surface area (Å²) in [6.45, 7) is 14.0. The Morgan fingerprint density at radius 3 is 1.21 bits per heavy atom. The number of benzene rings is 12. The van der Waals surface area contributed by atoms with Gasteiger partial charge in [-0.2, -0.15) is 0 Å². The third kappa shape index (κ3) is 27.6. The van der Waals surface area contributed by atoms with Crippen LogP contribution in [-0.2, 0) is 56.5 Å². The molecule has 5 fully saturated rings. The predicted molar refractivity (Wildman–Crippen MR) is 489 cm³/mol. The Bertz CT molecular complexity index is 5050. The van der Waals surface area contributed by atoms with Crippen molar-refractivity contribution in [3.05, 3.63) is 382 Å². The summed E-state index contributed by atoms with van der Waals surface area (Å²) in [5.41, 5.74) is 20.2. The number of aryl methyl sites for hydroxylation is 1. The van der Waals surface area contributed by atoms with E-state index in [0.717, 1.165) is 42.9 Å². The lowest BCUT2D eigenvalue weighted by Gasteiger charge is -2.42. The summed E-state index contributed by atoms with van der Waals surface area (Å²) in [7, 11) is 0. The van der Waals surface area contributed by atoms with Gasteiger partial charge >= 0.3 is 17.6 Å². The van der Waals surface area contributed by atoms with Gasteiger partial charge in [-0.25, -0.2) is 14.4 Å². The first kappa shape index (κ1) is 92.4. The third-order valence-electron chi connectivity index (χ3n) is 21.8. The van der Waals surface area contributed by atoms with E-state index in [2.05, 4.69) is 208 Å². The molecule has 3 atom stereocenters. The Labute approximate surface area is 729 Å². The van der Waals surface area contributed by atoms with Gasteiger partial charge in [0.15, 0.2) is 11.6 Å². The number of nitrogens with zero attached hydrogens (tertiary/aromatic N) is 4. The Balaban J connectivity index is 0.000000150. The predicted octanol–water partition coefficient (Wildman–Crippen LogP) is 19.3. The van der Waals surface area contributed by atoms with Crippen LogP contribution in [-0.4, -0.2) is 138 Å². The van der Waals surface area contributed by atoms with Crippen molar-refractivity contribution in [2.24, 2.45) is 5.73 Å². The van der Waals surface area contributed by atoms with E-state index in [1.165, 1.54) is 96.6 Å². The lowest BCUT2D eigenvalue weighted by atomic mass is 9.86. The lowest BCUT2D eigenvalue weighted by molar-refractivity contribution is -0.130. The molecule has 5 aliphatic heterocycles.